The topological polar surface area (TPSA) is 96.3 Å². The van der Waals surface area contributed by atoms with Crippen LogP contribution in [0.15, 0.2) is 84.9 Å². The number of aromatic hydroxyl groups is 2. The quantitative estimate of drug-likeness (QED) is 0.586. The van der Waals surface area contributed by atoms with Crippen LogP contribution in [0.4, 0.5) is 4.79 Å². The molecule has 3 aromatic carbocycles. The molecule has 1 atom stereocenters. The molecule has 0 bridgehead atoms. The highest BCUT2D eigenvalue weighted by molar-refractivity contribution is 5.83. The van der Waals surface area contributed by atoms with Gasteiger partial charge in [-0.25, -0.2) is 9.59 Å². The number of rotatable bonds is 5. The molecule has 162 valence electrons. The highest BCUT2D eigenvalue weighted by atomic mass is 16.6. The van der Waals surface area contributed by atoms with Crippen LogP contribution >= 0.6 is 0 Å². The van der Waals surface area contributed by atoms with Gasteiger partial charge in [-0.3, -0.25) is 4.90 Å². The minimum Gasteiger partial charge on any atom is -0.508 e. The van der Waals surface area contributed by atoms with E-state index in [9.17, 15) is 14.7 Å². The number of ether oxygens (including phenoxy) is 2. The van der Waals surface area contributed by atoms with Crippen LogP contribution in [-0.2, 0) is 9.53 Å². The molecule has 2 N–H and O–H groups in total. The molecule has 3 rings (SSSR count). The zero-order chi connectivity index (χ0) is 22.6. The van der Waals surface area contributed by atoms with Crippen LogP contribution < -0.4 is 4.74 Å². The lowest BCUT2D eigenvalue weighted by Crippen LogP contribution is -2.38. The van der Waals surface area contributed by atoms with Gasteiger partial charge >= 0.3 is 12.1 Å². The molecule has 0 radical (unpaired) electrons. The van der Waals surface area contributed by atoms with Crippen LogP contribution in [-0.4, -0.2) is 40.8 Å². The molecule has 7 heteroatoms. The molecule has 7 nitrogen and oxygen atoms in total. The third kappa shape index (κ3) is 7.40. The van der Waals surface area contributed by atoms with E-state index in [1.165, 1.54) is 19.2 Å². The Morgan fingerprint density at radius 1 is 0.839 bits per heavy atom. The molecule has 0 heterocycles. The predicted molar refractivity (Wildman–Crippen MR) is 116 cm³/mol. The molecular formula is C24H25NO6. The fraction of sp³-hybridized carbons (Fsp3) is 0.167. The summed E-state index contributed by atoms with van der Waals surface area (Å²) in [6, 6.07) is 22.3. The lowest BCUT2D eigenvalue weighted by molar-refractivity contribution is -0.148. The monoisotopic (exact) mass is 423 g/mol. The maximum absolute atomic E-state index is 12.3. The van der Waals surface area contributed by atoms with Crippen LogP contribution in [0.25, 0.3) is 0 Å². The molecule has 0 fully saturated rings. The second kappa shape index (κ2) is 11.9. The third-order valence-corrected chi connectivity index (χ3v) is 4.10. The first-order valence-electron chi connectivity index (χ1n) is 9.61. The lowest BCUT2D eigenvalue weighted by atomic mass is 10.1. The average molecular weight is 423 g/mol. The van der Waals surface area contributed by atoms with E-state index in [0.29, 0.717) is 17.1 Å². The first-order chi connectivity index (χ1) is 14.9. The Hall–Kier alpha value is -4.00. The van der Waals surface area contributed by atoms with Crippen molar-refractivity contribution in [3.8, 4) is 17.2 Å². The van der Waals surface area contributed by atoms with Gasteiger partial charge in [-0.1, -0.05) is 48.5 Å². The highest BCUT2D eigenvalue weighted by Crippen LogP contribution is 2.24. The number of hydrogen-bond acceptors (Lipinski definition) is 6. The van der Waals surface area contributed by atoms with Crippen molar-refractivity contribution in [1.29, 1.82) is 0 Å². The molecule has 0 spiro atoms. The van der Waals surface area contributed by atoms with Crippen LogP contribution in [0.1, 0.15) is 18.5 Å². The largest absolute Gasteiger partial charge is 0.508 e. The van der Waals surface area contributed by atoms with Crippen molar-refractivity contribution in [3.05, 3.63) is 90.5 Å². The summed E-state index contributed by atoms with van der Waals surface area (Å²) in [5, 5.41) is 18.0. The minimum atomic E-state index is -0.971. The third-order valence-electron chi connectivity index (χ3n) is 4.10. The summed E-state index contributed by atoms with van der Waals surface area (Å²) < 4.78 is 10.3. The Kier molecular flexibility index (Phi) is 8.91. The Bertz CT molecular complexity index is 945. The fourth-order valence-electron chi connectivity index (χ4n) is 2.59. The van der Waals surface area contributed by atoms with Gasteiger partial charge in [0.1, 0.15) is 17.2 Å². The number of phenols is 2. The van der Waals surface area contributed by atoms with Crippen LogP contribution in [0.5, 0.6) is 17.2 Å². The lowest BCUT2D eigenvalue weighted by Gasteiger charge is -2.26. The standard InChI is InChI=1S/C18H19NO5.C6H6O/c1-3-23-17(21)16(13-9-11-14(20)12-10-13)19(2)18(22)24-15-7-5-4-6-8-15;7-6-4-2-1-3-5-6/h4-12,16,20H,3H2,1-2H3;1-5,7H. The van der Waals surface area contributed by atoms with E-state index in [1.54, 1.807) is 73.7 Å². The fourth-order valence-corrected chi connectivity index (χ4v) is 2.59. The number of likely N-dealkylation sites (N-methyl/N-ethyl adjacent to an activating group) is 1. The van der Waals surface area contributed by atoms with E-state index in [2.05, 4.69) is 0 Å². The molecule has 0 aliphatic rings. The van der Waals surface area contributed by atoms with E-state index >= 15 is 0 Å². The van der Waals surface area contributed by atoms with Crippen LogP contribution in [0, 0.1) is 0 Å². The smallest absolute Gasteiger partial charge is 0.415 e. The Morgan fingerprint density at radius 3 is 1.84 bits per heavy atom. The number of carbonyl (C=O) groups is 2. The van der Waals surface area contributed by atoms with E-state index in [0.717, 1.165) is 4.90 Å². The number of phenolic OH excluding ortho intramolecular Hbond substituents is 2. The number of amides is 1. The number of carbonyl (C=O) groups excluding carboxylic acids is 2. The summed E-state index contributed by atoms with van der Waals surface area (Å²) in [5.41, 5.74) is 0.513. The highest BCUT2D eigenvalue weighted by Gasteiger charge is 2.31. The first kappa shape index (κ1) is 23.3. The van der Waals surface area contributed by atoms with Gasteiger partial charge in [0.25, 0.3) is 0 Å². The van der Waals surface area contributed by atoms with Crippen molar-refractivity contribution < 1.29 is 29.3 Å². The van der Waals surface area contributed by atoms with Gasteiger partial charge in [0.05, 0.1) is 6.61 Å². The molecule has 31 heavy (non-hydrogen) atoms. The molecule has 1 unspecified atom stereocenters. The SMILES string of the molecule is CCOC(=O)C(c1ccc(O)cc1)N(C)C(=O)Oc1ccccc1.Oc1ccccc1. The van der Waals surface area contributed by atoms with Crippen molar-refractivity contribution >= 4 is 12.1 Å². The van der Waals surface area contributed by atoms with Gasteiger partial charge in [0.2, 0.25) is 0 Å². The number of para-hydroxylation sites is 2. The molecule has 0 saturated heterocycles. The van der Waals surface area contributed by atoms with Crippen molar-refractivity contribution in [2.75, 3.05) is 13.7 Å². The zero-order valence-electron chi connectivity index (χ0n) is 17.3. The molecule has 0 aromatic heterocycles. The zero-order valence-corrected chi connectivity index (χ0v) is 17.3. The van der Waals surface area contributed by atoms with Crippen molar-refractivity contribution in [2.45, 2.75) is 13.0 Å². The maximum atomic E-state index is 12.3. The van der Waals surface area contributed by atoms with E-state index in [-0.39, 0.29) is 12.4 Å². The van der Waals surface area contributed by atoms with Crippen LogP contribution in [0.3, 0.4) is 0 Å². The van der Waals surface area contributed by atoms with Gasteiger partial charge in [0.15, 0.2) is 6.04 Å². The normalized spacial score (nSPS) is 10.8. The Morgan fingerprint density at radius 2 is 1.35 bits per heavy atom. The van der Waals surface area contributed by atoms with Gasteiger partial charge in [-0.2, -0.15) is 0 Å². The van der Waals surface area contributed by atoms with Gasteiger partial charge in [-0.05, 0) is 48.9 Å². The second-order valence-corrected chi connectivity index (χ2v) is 6.37. The first-order valence-corrected chi connectivity index (χ1v) is 9.61. The second-order valence-electron chi connectivity index (χ2n) is 6.37. The predicted octanol–water partition coefficient (Wildman–Crippen LogP) is 4.52. The average Bonchev–Trinajstić information content (AvgIpc) is 2.77. The van der Waals surface area contributed by atoms with Crippen molar-refractivity contribution in [2.24, 2.45) is 0 Å². The Labute approximate surface area is 181 Å². The van der Waals surface area contributed by atoms with Gasteiger partial charge < -0.3 is 19.7 Å². The number of esters is 1. The summed E-state index contributed by atoms with van der Waals surface area (Å²) in [5.74, 6) is 0.191. The number of hydrogen-bond donors (Lipinski definition) is 2. The summed E-state index contributed by atoms with van der Waals surface area (Å²) >= 11 is 0. The van der Waals surface area contributed by atoms with E-state index < -0.39 is 18.1 Å². The molecule has 0 aliphatic heterocycles. The van der Waals surface area contributed by atoms with Gasteiger partial charge in [0, 0.05) is 7.05 Å². The maximum Gasteiger partial charge on any atom is 0.415 e. The summed E-state index contributed by atoms with van der Waals surface area (Å²) in [7, 11) is 1.46. The Balaban J connectivity index is 0.000000412. The van der Waals surface area contributed by atoms with E-state index in [4.69, 9.17) is 14.6 Å². The van der Waals surface area contributed by atoms with Crippen molar-refractivity contribution in [3.63, 3.8) is 0 Å². The molecule has 0 aliphatic carbocycles. The molecular weight excluding hydrogens is 398 g/mol. The number of nitrogens with zero attached hydrogens (tertiary/aromatic N) is 1. The van der Waals surface area contributed by atoms with E-state index in [1.807, 2.05) is 6.07 Å². The number of benzene rings is 3. The minimum absolute atomic E-state index is 0.0656. The summed E-state index contributed by atoms with van der Waals surface area (Å²) in [6.45, 7) is 1.88. The summed E-state index contributed by atoms with van der Waals surface area (Å²) in [6.07, 6.45) is -0.688. The molecule has 3 aromatic rings. The molecule has 1 amide bonds. The molecule has 0 saturated carbocycles. The van der Waals surface area contributed by atoms with Crippen molar-refractivity contribution in [1.82, 2.24) is 4.90 Å². The van der Waals surface area contributed by atoms with Gasteiger partial charge in [-0.15, -0.1) is 0 Å². The summed E-state index contributed by atoms with van der Waals surface area (Å²) in [4.78, 5) is 25.8. The van der Waals surface area contributed by atoms with Crippen LogP contribution in [0.2, 0.25) is 0 Å².